The van der Waals surface area contributed by atoms with Gasteiger partial charge in [-0.05, 0) is 31.4 Å². The molecule has 1 aromatic rings. The molecule has 0 amide bonds. The molecule has 0 aliphatic carbocycles. The summed E-state index contributed by atoms with van der Waals surface area (Å²) in [5, 5.41) is 13.6. The molecule has 0 spiro atoms. The van der Waals surface area contributed by atoms with E-state index in [-0.39, 0.29) is 0 Å². The van der Waals surface area contributed by atoms with Gasteiger partial charge in [0.15, 0.2) is 0 Å². The van der Waals surface area contributed by atoms with Gasteiger partial charge >= 0.3 is 0 Å². The summed E-state index contributed by atoms with van der Waals surface area (Å²) >= 11 is 0. The molecule has 0 bridgehead atoms. The fourth-order valence-electron chi connectivity index (χ4n) is 2.55. The number of nitrogens with one attached hydrogen (secondary N) is 1. The molecule has 0 aromatic heterocycles. The van der Waals surface area contributed by atoms with Crippen LogP contribution in [-0.4, -0.2) is 42.7 Å². The molecule has 1 aliphatic heterocycles. The molecule has 3 heteroatoms. The van der Waals surface area contributed by atoms with E-state index in [2.05, 4.69) is 22.3 Å². The zero-order valence-electron chi connectivity index (χ0n) is 11.4. The predicted molar refractivity (Wildman–Crippen MR) is 74.7 cm³/mol. The number of hydrogen-bond acceptors (Lipinski definition) is 3. The van der Waals surface area contributed by atoms with E-state index in [4.69, 9.17) is 0 Å². The van der Waals surface area contributed by atoms with Crippen LogP contribution in [0.15, 0.2) is 24.3 Å². The van der Waals surface area contributed by atoms with Gasteiger partial charge < -0.3 is 15.3 Å². The Morgan fingerprint density at radius 2 is 1.89 bits per heavy atom. The van der Waals surface area contributed by atoms with Crippen LogP contribution in [0, 0.1) is 0 Å². The van der Waals surface area contributed by atoms with Crippen LogP contribution >= 0.6 is 0 Å². The lowest BCUT2D eigenvalue weighted by Crippen LogP contribution is -2.44. The van der Waals surface area contributed by atoms with Gasteiger partial charge in [0.2, 0.25) is 0 Å². The summed E-state index contributed by atoms with van der Waals surface area (Å²) in [6.45, 7) is 9.23. The lowest BCUT2D eigenvalue weighted by atomic mass is 9.91. The zero-order chi connectivity index (χ0) is 13.0. The van der Waals surface area contributed by atoms with Crippen molar-refractivity contribution >= 4 is 0 Å². The summed E-state index contributed by atoms with van der Waals surface area (Å²) in [6, 6.07) is 8.23. The molecule has 100 valence electrons. The Balaban J connectivity index is 2.00. The second kappa shape index (κ2) is 5.83. The van der Waals surface area contributed by atoms with Gasteiger partial charge in [0.1, 0.15) is 0 Å². The molecule has 2 rings (SSSR count). The molecule has 1 aliphatic rings. The van der Waals surface area contributed by atoms with Gasteiger partial charge in [-0.25, -0.2) is 0 Å². The third-order valence-corrected chi connectivity index (χ3v) is 3.58. The summed E-state index contributed by atoms with van der Waals surface area (Å²) < 4.78 is 0. The Hall–Kier alpha value is -0.900. The maximum atomic E-state index is 10.2. The summed E-state index contributed by atoms with van der Waals surface area (Å²) in [4.78, 5) is 2.48. The van der Waals surface area contributed by atoms with Crippen molar-refractivity contribution in [2.24, 2.45) is 0 Å². The molecular formula is C15H24N2O. The smallest absolute Gasteiger partial charge is 0.0843 e. The molecule has 2 N–H and O–H groups in total. The Morgan fingerprint density at radius 1 is 1.22 bits per heavy atom. The molecule has 3 nitrogen and oxygen atoms in total. The summed E-state index contributed by atoms with van der Waals surface area (Å²) in [5.74, 6) is 0. The maximum absolute atomic E-state index is 10.2. The molecule has 0 saturated carbocycles. The van der Waals surface area contributed by atoms with Crippen LogP contribution < -0.4 is 5.32 Å². The van der Waals surface area contributed by atoms with Gasteiger partial charge in [-0.15, -0.1) is 0 Å². The van der Waals surface area contributed by atoms with Crippen molar-refractivity contribution in [2.75, 3.05) is 32.7 Å². The van der Waals surface area contributed by atoms with E-state index < -0.39 is 5.60 Å². The van der Waals surface area contributed by atoms with Crippen LogP contribution in [-0.2, 0) is 12.0 Å². The van der Waals surface area contributed by atoms with E-state index in [0.29, 0.717) is 0 Å². The molecule has 18 heavy (non-hydrogen) atoms. The number of aliphatic hydroxyl groups is 1. The van der Waals surface area contributed by atoms with Crippen molar-refractivity contribution in [3.63, 3.8) is 0 Å². The molecule has 1 fully saturated rings. The van der Waals surface area contributed by atoms with E-state index in [1.165, 1.54) is 5.56 Å². The molecule has 0 radical (unpaired) electrons. The summed E-state index contributed by atoms with van der Waals surface area (Å²) in [7, 11) is 0. The van der Waals surface area contributed by atoms with Crippen molar-refractivity contribution in [3.05, 3.63) is 35.4 Å². The number of rotatable bonds is 4. The van der Waals surface area contributed by atoms with Crippen LogP contribution in [0.25, 0.3) is 0 Å². The average molecular weight is 248 g/mol. The fraction of sp³-hybridized carbons (Fsp3) is 0.600. The largest absolute Gasteiger partial charge is 0.386 e. The lowest BCUT2D eigenvalue weighted by molar-refractivity contribution is 0.0774. The van der Waals surface area contributed by atoms with Gasteiger partial charge in [0.25, 0.3) is 0 Å². The van der Waals surface area contributed by atoms with Crippen molar-refractivity contribution in [1.82, 2.24) is 10.2 Å². The Labute approximate surface area is 110 Å². The Morgan fingerprint density at radius 3 is 2.56 bits per heavy atom. The maximum Gasteiger partial charge on any atom is 0.0843 e. The van der Waals surface area contributed by atoms with Gasteiger partial charge in [-0.2, -0.15) is 0 Å². The zero-order valence-corrected chi connectivity index (χ0v) is 11.4. The SMILES string of the molecule is CC(C)(O)c1ccccc1CCN1CCNCC1. The number of hydrogen-bond donors (Lipinski definition) is 2. The van der Waals surface area contributed by atoms with Crippen LogP contribution in [0.2, 0.25) is 0 Å². The highest BCUT2D eigenvalue weighted by molar-refractivity contribution is 5.31. The third kappa shape index (κ3) is 3.55. The first-order chi connectivity index (χ1) is 8.57. The third-order valence-electron chi connectivity index (χ3n) is 3.58. The molecule has 1 aromatic carbocycles. The minimum atomic E-state index is -0.750. The van der Waals surface area contributed by atoms with Crippen LogP contribution in [0.1, 0.15) is 25.0 Å². The molecule has 0 unspecified atom stereocenters. The fourth-order valence-corrected chi connectivity index (χ4v) is 2.55. The average Bonchev–Trinajstić information content (AvgIpc) is 2.37. The van der Waals surface area contributed by atoms with Crippen molar-refractivity contribution < 1.29 is 5.11 Å². The first-order valence-corrected chi connectivity index (χ1v) is 6.81. The van der Waals surface area contributed by atoms with Gasteiger partial charge in [-0.1, -0.05) is 24.3 Å². The molecule has 1 heterocycles. The number of piperazine rings is 1. The monoisotopic (exact) mass is 248 g/mol. The quantitative estimate of drug-likeness (QED) is 0.844. The number of benzene rings is 1. The first kappa shape index (κ1) is 13.5. The predicted octanol–water partition coefficient (Wildman–Crippen LogP) is 1.36. The van der Waals surface area contributed by atoms with E-state index in [1.54, 1.807) is 0 Å². The van der Waals surface area contributed by atoms with E-state index >= 15 is 0 Å². The van der Waals surface area contributed by atoms with Gasteiger partial charge in [0, 0.05) is 32.7 Å². The highest BCUT2D eigenvalue weighted by Gasteiger charge is 2.19. The van der Waals surface area contributed by atoms with Crippen LogP contribution in [0.3, 0.4) is 0 Å². The minimum absolute atomic E-state index is 0.750. The van der Waals surface area contributed by atoms with E-state index in [0.717, 1.165) is 44.7 Å². The normalized spacial score (nSPS) is 17.9. The standard InChI is InChI=1S/C15H24N2O/c1-15(2,18)14-6-4-3-5-13(14)7-10-17-11-8-16-9-12-17/h3-6,16,18H,7-12H2,1-2H3. The Kier molecular flexibility index (Phi) is 4.38. The first-order valence-electron chi connectivity index (χ1n) is 6.81. The molecule has 0 atom stereocenters. The van der Waals surface area contributed by atoms with Crippen LogP contribution in [0.4, 0.5) is 0 Å². The minimum Gasteiger partial charge on any atom is -0.386 e. The van der Waals surface area contributed by atoms with Crippen molar-refractivity contribution in [2.45, 2.75) is 25.9 Å². The second-order valence-corrected chi connectivity index (χ2v) is 5.56. The second-order valence-electron chi connectivity index (χ2n) is 5.56. The summed E-state index contributed by atoms with van der Waals surface area (Å²) in [6.07, 6.45) is 1.01. The van der Waals surface area contributed by atoms with Crippen molar-refractivity contribution in [1.29, 1.82) is 0 Å². The van der Waals surface area contributed by atoms with Crippen LogP contribution in [0.5, 0.6) is 0 Å². The molecular weight excluding hydrogens is 224 g/mol. The highest BCUT2D eigenvalue weighted by atomic mass is 16.3. The van der Waals surface area contributed by atoms with E-state index in [1.807, 2.05) is 26.0 Å². The topological polar surface area (TPSA) is 35.5 Å². The Bertz CT molecular complexity index is 378. The van der Waals surface area contributed by atoms with E-state index in [9.17, 15) is 5.11 Å². The van der Waals surface area contributed by atoms with Crippen molar-refractivity contribution in [3.8, 4) is 0 Å². The summed E-state index contributed by atoms with van der Waals surface area (Å²) in [5.41, 5.74) is 1.57. The highest BCUT2D eigenvalue weighted by Crippen LogP contribution is 2.23. The molecule has 1 saturated heterocycles. The van der Waals surface area contributed by atoms with Gasteiger partial charge in [-0.3, -0.25) is 0 Å². The van der Waals surface area contributed by atoms with Gasteiger partial charge in [0.05, 0.1) is 5.60 Å². The lowest BCUT2D eigenvalue weighted by Gasteiger charge is -2.28. The number of nitrogens with zero attached hydrogens (tertiary/aromatic N) is 1.